The van der Waals surface area contributed by atoms with Gasteiger partial charge in [-0.15, -0.1) is 0 Å². The van der Waals surface area contributed by atoms with Crippen LogP contribution in [0.4, 0.5) is 13.2 Å². The number of nitrogens with zero attached hydrogens (tertiary/aromatic N) is 1. The maximum Gasteiger partial charge on any atom is 0.422 e. The summed E-state index contributed by atoms with van der Waals surface area (Å²) in [6, 6.07) is 5.68. The number of alkyl halides is 3. The molecule has 0 spiro atoms. The largest absolute Gasteiger partial charge is 0.484 e. The van der Waals surface area contributed by atoms with E-state index in [9.17, 15) is 18.0 Å². The molecule has 0 fully saturated rings. The topological polar surface area (TPSA) is 62.8 Å². The third-order valence-electron chi connectivity index (χ3n) is 3.69. The lowest BCUT2D eigenvalue weighted by molar-refractivity contribution is -0.153. The number of ether oxygens (including phenoxy) is 1. The second-order valence-corrected chi connectivity index (χ2v) is 5.77. The minimum absolute atomic E-state index is 0.0539. The molecule has 1 aromatic carbocycles. The Morgan fingerprint density at radius 3 is 2.48 bits per heavy atom. The Labute approximate surface area is 145 Å². The van der Waals surface area contributed by atoms with Gasteiger partial charge in [0.2, 0.25) is 0 Å². The number of aromatic nitrogens is 3. The van der Waals surface area contributed by atoms with Gasteiger partial charge in [0.25, 0.3) is 5.56 Å². The van der Waals surface area contributed by atoms with E-state index in [0.717, 1.165) is 12.0 Å². The first-order valence-corrected chi connectivity index (χ1v) is 7.86. The Hall–Kier alpha value is -2.55. The van der Waals surface area contributed by atoms with Crippen LogP contribution in [0.15, 0.2) is 35.3 Å². The Bertz CT molecular complexity index is 1020. The van der Waals surface area contributed by atoms with Crippen LogP contribution in [0.25, 0.3) is 16.7 Å². The molecular formula is C16H14F3N3O2S. The Morgan fingerprint density at radius 2 is 1.88 bits per heavy atom. The van der Waals surface area contributed by atoms with Crippen LogP contribution in [0, 0.1) is 4.77 Å². The van der Waals surface area contributed by atoms with E-state index >= 15 is 0 Å². The van der Waals surface area contributed by atoms with E-state index in [1.807, 2.05) is 6.92 Å². The highest BCUT2D eigenvalue weighted by Gasteiger charge is 2.28. The molecule has 0 radical (unpaired) electrons. The number of aryl methyl sites for hydroxylation is 1. The highest BCUT2D eigenvalue weighted by Crippen LogP contribution is 2.20. The summed E-state index contributed by atoms with van der Waals surface area (Å²) >= 11 is 5.27. The second kappa shape index (κ2) is 6.40. The van der Waals surface area contributed by atoms with Crippen molar-refractivity contribution in [2.75, 3.05) is 6.61 Å². The van der Waals surface area contributed by atoms with Gasteiger partial charge < -0.3 is 14.7 Å². The molecule has 9 heteroatoms. The van der Waals surface area contributed by atoms with Gasteiger partial charge in [-0.25, -0.2) is 0 Å². The standard InChI is InChI=1S/C16H14F3N3O2S/c1-2-9-7-20-13-12(9)21-15(25)22(14(13)23)10-3-5-11(6-4-10)24-8-16(17,18)19/h3-7,20H,2,8H2,1H3,(H,21,25). The van der Waals surface area contributed by atoms with Crippen molar-refractivity contribution < 1.29 is 17.9 Å². The minimum atomic E-state index is -4.41. The number of hydrogen-bond acceptors (Lipinski definition) is 3. The summed E-state index contributed by atoms with van der Waals surface area (Å²) in [5.41, 5.74) is 2.10. The molecule has 0 amide bonds. The zero-order valence-electron chi connectivity index (χ0n) is 13.1. The fourth-order valence-corrected chi connectivity index (χ4v) is 2.80. The minimum Gasteiger partial charge on any atom is -0.484 e. The number of nitrogens with one attached hydrogen (secondary N) is 2. The summed E-state index contributed by atoms with van der Waals surface area (Å²) < 4.78 is 42.7. The molecule has 0 saturated carbocycles. The lowest BCUT2D eigenvalue weighted by atomic mass is 10.2. The number of benzene rings is 1. The highest BCUT2D eigenvalue weighted by atomic mass is 32.1. The molecule has 0 unspecified atom stereocenters. The van der Waals surface area contributed by atoms with Gasteiger partial charge in [-0.1, -0.05) is 6.92 Å². The smallest absolute Gasteiger partial charge is 0.422 e. The van der Waals surface area contributed by atoms with Gasteiger partial charge in [0.15, 0.2) is 11.4 Å². The summed E-state index contributed by atoms with van der Waals surface area (Å²) in [6.07, 6.45) is -1.93. The van der Waals surface area contributed by atoms with Crippen LogP contribution in [0.3, 0.4) is 0 Å². The summed E-state index contributed by atoms with van der Waals surface area (Å²) in [6.45, 7) is 0.589. The van der Waals surface area contributed by atoms with E-state index in [-0.39, 0.29) is 16.1 Å². The SMILES string of the molecule is CCc1c[nH]c2c(=O)n(-c3ccc(OCC(F)(F)F)cc3)c(=S)[nH]c12. The molecule has 0 aliphatic rings. The maximum absolute atomic E-state index is 12.7. The number of H-pyrrole nitrogens is 2. The predicted octanol–water partition coefficient (Wildman–Crippen LogP) is 3.88. The van der Waals surface area contributed by atoms with E-state index in [1.54, 1.807) is 6.20 Å². The fourth-order valence-electron chi connectivity index (χ4n) is 2.51. The van der Waals surface area contributed by atoms with Gasteiger partial charge in [0, 0.05) is 6.20 Å². The molecule has 25 heavy (non-hydrogen) atoms. The average molecular weight is 369 g/mol. The van der Waals surface area contributed by atoms with E-state index in [1.165, 1.54) is 28.8 Å². The Balaban J connectivity index is 1.99. The zero-order chi connectivity index (χ0) is 18.2. The molecule has 0 bridgehead atoms. The Morgan fingerprint density at radius 1 is 1.20 bits per heavy atom. The fraction of sp³-hybridized carbons (Fsp3) is 0.250. The number of aromatic amines is 2. The molecule has 3 rings (SSSR count). The molecule has 132 valence electrons. The maximum atomic E-state index is 12.7. The summed E-state index contributed by atoms with van der Waals surface area (Å²) in [7, 11) is 0. The number of rotatable bonds is 4. The molecule has 2 N–H and O–H groups in total. The van der Waals surface area contributed by atoms with Crippen molar-refractivity contribution >= 4 is 23.3 Å². The summed E-state index contributed by atoms with van der Waals surface area (Å²) in [5.74, 6) is 0.0539. The van der Waals surface area contributed by atoms with Crippen LogP contribution in [0.1, 0.15) is 12.5 Å². The molecule has 0 atom stereocenters. The number of fused-ring (bicyclic) bond motifs is 1. The zero-order valence-corrected chi connectivity index (χ0v) is 13.9. The van der Waals surface area contributed by atoms with E-state index < -0.39 is 12.8 Å². The first-order valence-electron chi connectivity index (χ1n) is 7.45. The van der Waals surface area contributed by atoms with Gasteiger partial charge in [-0.3, -0.25) is 9.36 Å². The predicted molar refractivity (Wildman–Crippen MR) is 90.0 cm³/mol. The lowest BCUT2D eigenvalue weighted by Crippen LogP contribution is -2.21. The molecule has 0 aliphatic heterocycles. The van der Waals surface area contributed by atoms with Crippen LogP contribution < -0.4 is 10.3 Å². The van der Waals surface area contributed by atoms with Crippen molar-refractivity contribution in [1.29, 1.82) is 0 Å². The van der Waals surface area contributed by atoms with Gasteiger partial charge in [0.05, 0.1) is 11.2 Å². The molecule has 5 nitrogen and oxygen atoms in total. The first kappa shape index (κ1) is 17.3. The number of hydrogen-bond donors (Lipinski definition) is 2. The first-order chi connectivity index (χ1) is 11.8. The van der Waals surface area contributed by atoms with Crippen molar-refractivity contribution in [2.24, 2.45) is 0 Å². The summed E-state index contributed by atoms with van der Waals surface area (Å²) in [5, 5.41) is 0. The van der Waals surface area contributed by atoms with Crippen molar-refractivity contribution in [3.63, 3.8) is 0 Å². The molecule has 3 aromatic rings. The molecular weight excluding hydrogens is 355 g/mol. The number of halogens is 3. The van der Waals surface area contributed by atoms with E-state index in [2.05, 4.69) is 14.7 Å². The van der Waals surface area contributed by atoms with Gasteiger partial charge in [-0.05, 0) is 48.5 Å². The van der Waals surface area contributed by atoms with Crippen LogP contribution in [0.5, 0.6) is 5.75 Å². The molecule has 0 saturated heterocycles. The molecule has 2 heterocycles. The normalized spacial score (nSPS) is 11.8. The van der Waals surface area contributed by atoms with Crippen LogP contribution in [-0.4, -0.2) is 27.3 Å². The van der Waals surface area contributed by atoms with Crippen molar-refractivity contribution in [1.82, 2.24) is 14.5 Å². The van der Waals surface area contributed by atoms with Crippen LogP contribution >= 0.6 is 12.2 Å². The van der Waals surface area contributed by atoms with Crippen LogP contribution in [0.2, 0.25) is 0 Å². The van der Waals surface area contributed by atoms with E-state index in [4.69, 9.17) is 12.2 Å². The van der Waals surface area contributed by atoms with E-state index in [0.29, 0.717) is 16.7 Å². The third-order valence-corrected chi connectivity index (χ3v) is 3.98. The molecule has 0 aliphatic carbocycles. The van der Waals surface area contributed by atoms with Crippen molar-refractivity contribution in [2.45, 2.75) is 19.5 Å². The lowest BCUT2D eigenvalue weighted by Gasteiger charge is -2.10. The van der Waals surface area contributed by atoms with Gasteiger partial charge >= 0.3 is 6.18 Å². The van der Waals surface area contributed by atoms with Gasteiger partial charge in [0.1, 0.15) is 11.3 Å². The monoisotopic (exact) mass is 369 g/mol. The second-order valence-electron chi connectivity index (χ2n) is 5.39. The highest BCUT2D eigenvalue weighted by molar-refractivity contribution is 7.71. The molecule has 2 aromatic heterocycles. The average Bonchev–Trinajstić information content (AvgIpc) is 2.96. The van der Waals surface area contributed by atoms with Crippen molar-refractivity contribution in [3.05, 3.63) is 51.2 Å². The van der Waals surface area contributed by atoms with Gasteiger partial charge in [-0.2, -0.15) is 13.2 Å². The quantitative estimate of drug-likeness (QED) is 0.686. The van der Waals surface area contributed by atoms with Crippen molar-refractivity contribution in [3.8, 4) is 11.4 Å². The summed E-state index contributed by atoms with van der Waals surface area (Å²) in [4.78, 5) is 18.6. The Kier molecular flexibility index (Phi) is 4.42. The van der Waals surface area contributed by atoms with Crippen LogP contribution in [-0.2, 0) is 6.42 Å². The third kappa shape index (κ3) is 3.46.